The van der Waals surface area contributed by atoms with E-state index in [4.69, 9.17) is 5.11 Å². The second kappa shape index (κ2) is 3.60. The zero-order valence-corrected chi connectivity index (χ0v) is 7.30. The number of nitrogens with one attached hydrogen (secondary N) is 2. The second-order valence-electron chi connectivity index (χ2n) is 1.22. The highest BCUT2D eigenvalue weighted by Crippen LogP contribution is 2.36. The standard InChI is InChI=1S/CH6N3O2P3/c5-1(6)4-8-2-7-3-9-4/h2-3,7-9H,(H,5,6). The van der Waals surface area contributed by atoms with Gasteiger partial charge in [0.2, 0.25) is 0 Å². The maximum atomic E-state index is 10.2. The summed E-state index contributed by atoms with van der Waals surface area (Å²) >= 11 is 0. The predicted molar refractivity (Wildman–Crippen MR) is 41.1 cm³/mol. The van der Waals surface area contributed by atoms with E-state index >= 15 is 0 Å². The summed E-state index contributed by atoms with van der Waals surface area (Å²) in [6.07, 6.45) is -0.865. The summed E-state index contributed by atoms with van der Waals surface area (Å²) in [5.74, 6) is 0. The monoisotopic (exact) mass is 185 g/mol. The van der Waals surface area contributed by atoms with E-state index in [1.165, 1.54) is 4.44 Å². The summed E-state index contributed by atoms with van der Waals surface area (Å²) in [6, 6.07) is 0. The van der Waals surface area contributed by atoms with Gasteiger partial charge in [0.25, 0.3) is 0 Å². The van der Waals surface area contributed by atoms with Gasteiger partial charge in [0.15, 0.2) is 0 Å². The smallest absolute Gasteiger partial charge is 0.415 e. The molecule has 1 heterocycles. The van der Waals surface area contributed by atoms with E-state index in [1.807, 2.05) is 0 Å². The van der Waals surface area contributed by atoms with Crippen LogP contribution < -0.4 is 9.72 Å². The summed E-state index contributed by atoms with van der Waals surface area (Å²) < 4.78 is 1.32. The average molecular weight is 185 g/mol. The van der Waals surface area contributed by atoms with Crippen molar-refractivity contribution in [3.8, 4) is 0 Å². The maximum absolute atomic E-state index is 10.2. The van der Waals surface area contributed by atoms with Gasteiger partial charge in [-0.2, -0.15) is 0 Å². The highest BCUT2D eigenvalue weighted by molar-refractivity contribution is 7.66. The van der Waals surface area contributed by atoms with Crippen LogP contribution in [-0.2, 0) is 0 Å². The fourth-order valence-electron chi connectivity index (χ4n) is 0.323. The molecule has 0 radical (unpaired) electrons. The molecule has 1 saturated heterocycles. The quantitative estimate of drug-likeness (QED) is 0.485. The molecular formula is CH6N3O2P3. The van der Waals surface area contributed by atoms with E-state index in [2.05, 4.69) is 9.72 Å². The molecule has 9 heavy (non-hydrogen) atoms. The van der Waals surface area contributed by atoms with Crippen LogP contribution in [0.2, 0.25) is 0 Å². The summed E-state index contributed by atoms with van der Waals surface area (Å²) in [5.41, 5.74) is 0. The van der Waals surface area contributed by atoms with Gasteiger partial charge >= 0.3 is 6.09 Å². The molecule has 1 rings (SSSR count). The molecule has 0 aromatic heterocycles. The second-order valence-corrected chi connectivity index (χ2v) is 5.26. The molecule has 0 saturated carbocycles. The molecule has 0 aromatic rings. The number of hydrogen-bond donors (Lipinski definition) is 3. The Kier molecular flexibility index (Phi) is 3.03. The van der Waals surface area contributed by atoms with Crippen molar-refractivity contribution in [2.24, 2.45) is 0 Å². The maximum Gasteiger partial charge on any atom is 0.415 e. The molecule has 1 amide bonds. The molecule has 1 fully saturated rings. The molecular weight excluding hydrogens is 179 g/mol. The lowest BCUT2D eigenvalue weighted by Crippen LogP contribution is -2.20. The molecule has 3 N–H and O–H groups in total. The third-order valence-electron chi connectivity index (χ3n) is 0.652. The summed E-state index contributed by atoms with van der Waals surface area (Å²) in [5, 5.41) is 8.40. The minimum atomic E-state index is -0.865. The molecule has 1 aliphatic rings. The van der Waals surface area contributed by atoms with Crippen LogP contribution in [-0.4, -0.2) is 15.6 Å². The third kappa shape index (κ3) is 2.29. The third-order valence-corrected chi connectivity index (χ3v) is 4.05. The van der Waals surface area contributed by atoms with Crippen LogP contribution in [0.4, 0.5) is 4.79 Å². The molecule has 2 atom stereocenters. The van der Waals surface area contributed by atoms with Crippen LogP contribution in [0.3, 0.4) is 0 Å². The number of rotatable bonds is 0. The zero-order chi connectivity index (χ0) is 6.69. The van der Waals surface area contributed by atoms with Gasteiger partial charge in [-0.05, 0) is 0 Å². The van der Waals surface area contributed by atoms with E-state index in [0.29, 0.717) is 8.88 Å². The normalized spacial score (nSPS) is 27.8. The van der Waals surface area contributed by atoms with Crippen molar-refractivity contribution in [3.63, 3.8) is 0 Å². The summed E-state index contributed by atoms with van der Waals surface area (Å²) in [6.45, 7) is 0. The summed E-state index contributed by atoms with van der Waals surface area (Å²) in [7, 11) is 0.938. The van der Waals surface area contributed by atoms with E-state index < -0.39 is 6.09 Å². The molecule has 2 unspecified atom stereocenters. The van der Waals surface area contributed by atoms with Gasteiger partial charge in [0.05, 0.1) is 17.8 Å². The number of hydrogen-bond acceptors (Lipinski definition) is 3. The average Bonchev–Trinajstić information content (AvgIpc) is 1.90. The van der Waals surface area contributed by atoms with Crippen molar-refractivity contribution in [2.75, 3.05) is 0 Å². The SMILES string of the molecule is O=C(O)N1PNPNP1. The zero-order valence-electron chi connectivity index (χ0n) is 4.30. The first-order valence-electron chi connectivity index (χ1n) is 2.10. The Balaban J connectivity index is 2.31. The molecule has 0 aromatic carbocycles. The van der Waals surface area contributed by atoms with Gasteiger partial charge < -0.3 is 5.11 Å². The topological polar surface area (TPSA) is 64.6 Å². The van der Waals surface area contributed by atoms with Crippen molar-refractivity contribution >= 4 is 32.7 Å². The first-order valence-corrected chi connectivity index (χ1v) is 4.99. The highest BCUT2D eigenvalue weighted by Gasteiger charge is 2.13. The van der Waals surface area contributed by atoms with Gasteiger partial charge in [0.1, 0.15) is 0 Å². The van der Waals surface area contributed by atoms with Gasteiger partial charge in [-0.25, -0.2) is 19.0 Å². The van der Waals surface area contributed by atoms with E-state index in [9.17, 15) is 4.79 Å². The number of carbonyl (C=O) groups is 1. The Bertz CT molecular complexity index is 114. The van der Waals surface area contributed by atoms with Crippen LogP contribution in [0.1, 0.15) is 0 Å². The predicted octanol–water partition coefficient (Wildman–Crippen LogP) is 0.685. The summed E-state index contributed by atoms with van der Waals surface area (Å²) in [4.78, 5) is 16.0. The molecule has 0 bridgehead atoms. The first kappa shape index (κ1) is 7.59. The van der Waals surface area contributed by atoms with Crippen LogP contribution in [0.5, 0.6) is 0 Å². The van der Waals surface area contributed by atoms with E-state index in [-0.39, 0.29) is 17.8 Å². The van der Waals surface area contributed by atoms with Crippen molar-refractivity contribution in [1.82, 2.24) is 14.2 Å². The molecule has 0 aliphatic carbocycles. The number of amides is 1. The Morgan fingerprint density at radius 1 is 1.44 bits per heavy atom. The molecule has 8 heteroatoms. The van der Waals surface area contributed by atoms with Crippen LogP contribution in [0, 0.1) is 0 Å². The van der Waals surface area contributed by atoms with E-state index in [1.54, 1.807) is 0 Å². The lowest BCUT2D eigenvalue weighted by atomic mass is 11.3. The van der Waals surface area contributed by atoms with Crippen LogP contribution in [0.15, 0.2) is 0 Å². The Morgan fingerprint density at radius 2 is 2.00 bits per heavy atom. The van der Waals surface area contributed by atoms with Gasteiger partial charge in [-0.1, -0.05) is 0 Å². The molecule has 5 nitrogen and oxygen atoms in total. The van der Waals surface area contributed by atoms with Crippen molar-refractivity contribution in [2.45, 2.75) is 0 Å². The Morgan fingerprint density at radius 3 is 2.33 bits per heavy atom. The first-order chi connectivity index (χ1) is 4.30. The lowest BCUT2D eigenvalue weighted by Gasteiger charge is -2.23. The van der Waals surface area contributed by atoms with Gasteiger partial charge in [-0.15, -0.1) is 0 Å². The van der Waals surface area contributed by atoms with Crippen LogP contribution in [0.25, 0.3) is 0 Å². The number of nitrogens with zero attached hydrogens (tertiary/aromatic N) is 1. The van der Waals surface area contributed by atoms with Gasteiger partial charge in [0, 0.05) is 8.88 Å². The van der Waals surface area contributed by atoms with Crippen molar-refractivity contribution < 1.29 is 9.90 Å². The highest BCUT2D eigenvalue weighted by atomic mass is 31.2. The molecule has 1 aliphatic heterocycles. The molecule has 0 spiro atoms. The van der Waals surface area contributed by atoms with Crippen molar-refractivity contribution in [1.29, 1.82) is 0 Å². The Labute approximate surface area is 57.6 Å². The van der Waals surface area contributed by atoms with Crippen molar-refractivity contribution in [3.05, 3.63) is 0 Å². The van der Waals surface area contributed by atoms with Gasteiger partial charge in [-0.3, -0.25) is 0 Å². The molecule has 52 valence electrons. The van der Waals surface area contributed by atoms with Crippen LogP contribution >= 0.6 is 26.6 Å². The lowest BCUT2D eigenvalue weighted by molar-refractivity contribution is 0.189. The minimum Gasteiger partial charge on any atom is -0.464 e. The fourth-order valence-corrected chi connectivity index (χ4v) is 3.90. The fraction of sp³-hybridized carbons (Fsp3) is 0. The Hall–Kier alpha value is 0.480. The van der Waals surface area contributed by atoms with E-state index in [0.717, 1.165) is 0 Å². The number of carboxylic acid groups (broad SMARTS) is 1. The minimum absolute atomic E-state index is 0.219. The largest absolute Gasteiger partial charge is 0.464 e.